The van der Waals surface area contributed by atoms with Gasteiger partial charge in [0.15, 0.2) is 0 Å². The Morgan fingerprint density at radius 1 is 1.19 bits per heavy atom. The third kappa shape index (κ3) is 2.25. The van der Waals surface area contributed by atoms with Gasteiger partial charge in [0, 0.05) is 13.0 Å². The van der Waals surface area contributed by atoms with E-state index in [0.29, 0.717) is 0 Å². The van der Waals surface area contributed by atoms with Crippen molar-refractivity contribution in [1.29, 1.82) is 0 Å². The summed E-state index contributed by atoms with van der Waals surface area (Å²) >= 11 is 0. The van der Waals surface area contributed by atoms with Gasteiger partial charge in [-0.3, -0.25) is 0 Å². The summed E-state index contributed by atoms with van der Waals surface area (Å²) < 4.78 is 6.07. The van der Waals surface area contributed by atoms with Gasteiger partial charge in [0.1, 0.15) is 5.60 Å². The Morgan fingerprint density at radius 3 is 2.62 bits per heavy atom. The lowest BCUT2D eigenvalue weighted by atomic mass is 9.87. The highest BCUT2D eigenvalue weighted by molar-refractivity contribution is 5.32. The molecule has 1 aliphatic carbocycles. The molecule has 1 heteroatoms. The van der Waals surface area contributed by atoms with Crippen molar-refractivity contribution in [3.63, 3.8) is 0 Å². The fourth-order valence-electron chi connectivity index (χ4n) is 2.01. The molecule has 0 N–H and O–H groups in total. The normalized spacial score (nSPS) is 23.6. The second kappa shape index (κ2) is 5.13. The number of hydrogen-bond donors (Lipinski definition) is 0. The molecule has 0 heterocycles. The van der Waals surface area contributed by atoms with Crippen LogP contribution in [0.2, 0.25) is 0 Å². The van der Waals surface area contributed by atoms with E-state index in [-0.39, 0.29) is 5.60 Å². The maximum absolute atomic E-state index is 6.07. The standard InChI is InChI=1S/C15H18O/c1-2-13-16-15(11-7-4-8-12-15)14-9-5-3-6-10-14/h3-11H,2,12-13H2,1H3. The first-order valence-electron chi connectivity index (χ1n) is 5.91. The molecular weight excluding hydrogens is 196 g/mol. The summed E-state index contributed by atoms with van der Waals surface area (Å²) in [7, 11) is 0. The zero-order chi connectivity index (χ0) is 11.3. The molecule has 1 unspecified atom stereocenters. The molecule has 1 aromatic carbocycles. The van der Waals surface area contributed by atoms with E-state index in [9.17, 15) is 0 Å². The summed E-state index contributed by atoms with van der Waals surface area (Å²) in [5, 5.41) is 0. The molecule has 1 aliphatic rings. The third-order valence-electron chi connectivity index (χ3n) is 2.86. The molecule has 0 fully saturated rings. The minimum atomic E-state index is -0.244. The van der Waals surface area contributed by atoms with Crippen molar-refractivity contribution in [1.82, 2.24) is 0 Å². The van der Waals surface area contributed by atoms with E-state index in [4.69, 9.17) is 4.74 Å². The van der Waals surface area contributed by atoms with Crippen LogP contribution in [0.25, 0.3) is 0 Å². The summed E-state index contributed by atoms with van der Waals surface area (Å²) in [5.41, 5.74) is 0.996. The Bertz CT molecular complexity index is 378. The Labute approximate surface area is 97.4 Å². The number of ether oxygens (including phenoxy) is 1. The minimum absolute atomic E-state index is 0.244. The van der Waals surface area contributed by atoms with Crippen LogP contribution < -0.4 is 0 Å². The van der Waals surface area contributed by atoms with Crippen LogP contribution in [-0.4, -0.2) is 6.61 Å². The molecule has 0 amide bonds. The maximum Gasteiger partial charge on any atom is 0.115 e. The molecule has 1 nitrogen and oxygen atoms in total. The smallest absolute Gasteiger partial charge is 0.115 e. The zero-order valence-electron chi connectivity index (χ0n) is 9.73. The van der Waals surface area contributed by atoms with E-state index < -0.39 is 0 Å². The first-order valence-corrected chi connectivity index (χ1v) is 5.91. The average Bonchev–Trinajstić information content (AvgIpc) is 2.38. The van der Waals surface area contributed by atoms with Crippen molar-refractivity contribution >= 4 is 0 Å². The highest BCUT2D eigenvalue weighted by atomic mass is 16.5. The summed E-state index contributed by atoms with van der Waals surface area (Å²) in [6, 6.07) is 10.5. The van der Waals surface area contributed by atoms with Gasteiger partial charge in [-0.15, -0.1) is 0 Å². The van der Waals surface area contributed by atoms with Crippen LogP contribution in [0, 0.1) is 0 Å². The lowest BCUT2D eigenvalue weighted by Gasteiger charge is -2.32. The lowest BCUT2D eigenvalue weighted by Crippen LogP contribution is -2.28. The summed E-state index contributed by atoms with van der Waals surface area (Å²) in [6.07, 6.45) is 10.5. The Balaban J connectivity index is 2.28. The van der Waals surface area contributed by atoms with Gasteiger partial charge in [0.2, 0.25) is 0 Å². The van der Waals surface area contributed by atoms with Gasteiger partial charge in [0.05, 0.1) is 0 Å². The van der Waals surface area contributed by atoms with E-state index in [0.717, 1.165) is 19.4 Å². The summed E-state index contributed by atoms with van der Waals surface area (Å²) in [4.78, 5) is 0. The van der Waals surface area contributed by atoms with Gasteiger partial charge >= 0.3 is 0 Å². The minimum Gasteiger partial charge on any atom is -0.366 e. The number of benzene rings is 1. The van der Waals surface area contributed by atoms with Gasteiger partial charge in [-0.05, 0) is 18.1 Å². The molecule has 0 radical (unpaired) electrons. The van der Waals surface area contributed by atoms with Gasteiger partial charge in [-0.2, -0.15) is 0 Å². The van der Waals surface area contributed by atoms with Crippen molar-refractivity contribution in [2.45, 2.75) is 25.4 Å². The fraction of sp³-hybridized carbons (Fsp3) is 0.333. The van der Waals surface area contributed by atoms with Crippen LogP contribution in [0.1, 0.15) is 25.3 Å². The summed E-state index contributed by atoms with van der Waals surface area (Å²) in [6.45, 7) is 2.94. The average molecular weight is 214 g/mol. The van der Waals surface area contributed by atoms with Crippen LogP contribution >= 0.6 is 0 Å². The molecule has 1 atom stereocenters. The van der Waals surface area contributed by atoms with Crippen LogP contribution in [-0.2, 0) is 10.3 Å². The van der Waals surface area contributed by atoms with Gasteiger partial charge in [0.25, 0.3) is 0 Å². The highest BCUT2D eigenvalue weighted by Gasteiger charge is 2.29. The molecule has 16 heavy (non-hydrogen) atoms. The first kappa shape index (κ1) is 11.2. The molecule has 1 aromatic rings. The highest BCUT2D eigenvalue weighted by Crippen LogP contribution is 2.33. The molecule has 0 aromatic heterocycles. The van der Waals surface area contributed by atoms with Gasteiger partial charge in [-0.25, -0.2) is 0 Å². The lowest BCUT2D eigenvalue weighted by molar-refractivity contribution is -0.0108. The molecule has 0 saturated carbocycles. The van der Waals surface area contributed by atoms with E-state index in [1.54, 1.807) is 0 Å². The largest absolute Gasteiger partial charge is 0.366 e. The Kier molecular flexibility index (Phi) is 3.58. The monoisotopic (exact) mass is 214 g/mol. The van der Waals surface area contributed by atoms with Gasteiger partial charge in [-0.1, -0.05) is 55.5 Å². The van der Waals surface area contributed by atoms with Crippen LogP contribution in [0.3, 0.4) is 0 Å². The Morgan fingerprint density at radius 2 is 2.00 bits per heavy atom. The van der Waals surface area contributed by atoms with Crippen LogP contribution in [0.4, 0.5) is 0 Å². The topological polar surface area (TPSA) is 9.23 Å². The first-order chi connectivity index (χ1) is 7.87. The number of hydrogen-bond acceptors (Lipinski definition) is 1. The number of rotatable bonds is 4. The summed E-state index contributed by atoms with van der Waals surface area (Å²) in [5.74, 6) is 0. The predicted molar refractivity (Wildman–Crippen MR) is 67.3 cm³/mol. The van der Waals surface area contributed by atoms with Crippen LogP contribution in [0.15, 0.2) is 54.6 Å². The fourth-order valence-corrected chi connectivity index (χ4v) is 2.01. The van der Waals surface area contributed by atoms with Crippen molar-refractivity contribution in [2.75, 3.05) is 6.61 Å². The van der Waals surface area contributed by atoms with E-state index in [1.165, 1.54) is 5.56 Å². The molecule has 0 bridgehead atoms. The molecule has 0 aliphatic heterocycles. The molecule has 0 saturated heterocycles. The van der Waals surface area contributed by atoms with Crippen molar-refractivity contribution in [3.05, 3.63) is 60.2 Å². The molecule has 84 valence electrons. The van der Waals surface area contributed by atoms with Crippen molar-refractivity contribution in [2.24, 2.45) is 0 Å². The second-order valence-corrected chi connectivity index (χ2v) is 4.10. The number of allylic oxidation sites excluding steroid dienone is 2. The van der Waals surface area contributed by atoms with Crippen LogP contribution in [0.5, 0.6) is 0 Å². The van der Waals surface area contributed by atoms with E-state index in [2.05, 4.69) is 55.5 Å². The molecular formula is C15H18O. The molecule has 2 rings (SSSR count). The SMILES string of the molecule is CCCOC1(c2ccccc2)C=CC=CC1. The van der Waals surface area contributed by atoms with Gasteiger partial charge < -0.3 is 4.74 Å². The van der Waals surface area contributed by atoms with Crippen molar-refractivity contribution < 1.29 is 4.74 Å². The zero-order valence-corrected chi connectivity index (χ0v) is 9.73. The Hall–Kier alpha value is -1.34. The maximum atomic E-state index is 6.07. The third-order valence-corrected chi connectivity index (χ3v) is 2.86. The van der Waals surface area contributed by atoms with E-state index in [1.807, 2.05) is 6.07 Å². The quantitative estimate of drug-likeness (QED) is 0.740. The predicted octanol–water partition coefficient (Wildman–Crippen LogP) is 3.82. The second-order valence-electron chi connectivity index (χ2n) is 4.10. The van der Waals surface area contributed by atoms with E-state index >= 15 is 0 Å². The molecule has 0 spiro atoms. The van der Waals surface area contributed by atoms with Crippen molar-refractivity contribution in [3.8, 4) is 0 Å².